The van der Waals surface area contributed by atoms with E-state index in [0.29, 0.717) is 23.5 Å². The Hall–Kier alpha value is -1.62. The van der Waals surface area contributed by atoms with Gasteiger partial charge in [0.15, 0.2) is 5.69 Å². The Morgan fingerprint density at radius 1 is 1.53 bits per heavy atom. The maximum Gasteiger partial charge on any atom is 0.276 e. The lowest BCUT2D eigenvalue weighted by atomic mass is 10.1. The zero-order chi connectivity index (χ0) is 13.4. The van der Waals surface area contributed by atoms with Gasteiger partial charge in [-0.1, -0.05) is 11.2 Å². The Labute approximate surface area is 112 Å². The highest BCUT2D eigenvalue weighted by Crippen LogP contribution is 2.32. The molecule has 19 heavy (non-hydrogen) atoms. The Balaban J connectivity index is 1.74. The number of aryl methyl sites for hydroxylation is 1. The van der Waals surface area contributed by atoms with Crippen molar-refractivity contribution in [3.05, 3.63) is 30.2 Å². The smallest absolute Gasteiger partial charge is 0.276 e. The number of nitrogens with zero attached hydrogens (tertiary/aromatic N) is 3. The number of aromatic nitrogens is 1. The van der Waals surface area contributed by atoms with E-state index in [0.717, 1.165) is 32.5 Å². The predicted octanol–water partition coefficient (Wildman–Crippen LogP) is 1.46. The van der Waals surface area contributed by atoms with Crippen LogP contribution in [0, 0.1) is 6.92 Å². The lowest BCUT2D eigenvalue weighted by Crippen LogP contribution is -2.39. The van der Waals surface area contributed by atoms with Gasteiger partial charge in [0.25, 0.3) is 5.91 Å². The lowest BCUT2D eigenvalue weighted by molar-refractivity contribution is 0.0722. The Morgan fingerprint density at radius 2 is 2.32 bits per heavy atom. The summed E-state index contributed by atoms with van der Waals surface area (Å²) in [5.41, 5.74) is 0.431. The summed E-state index contributed by atoms with van der Waals surface area (Å²) < 4.78 is 5.00. The predicted molar refractivity (Wildman–Crippen MR) is 70.9 cm³/mol. The van der Waals surface area contributed by atoms with Gasteiger partial charge in [-0.15, -0.1) is 6.58 Å². The highest BCUT2D eigenvalue weighted by molar-refractivity contribution is 5.92. The van der Waals surface area contributed by atoms with Crippen LogP contribution in [0.15, 0.2) is 23.2 Å². The fraction of sp³-hybridized carbons (Fsp3) is 0.571. The third-order valence-electron chi connectivity index (χ3n) is 4.16. The largest absolute Gasteiger partial charge is 0.361 e. The number of likely N-dealkylation sites (tertiary alicyclic amines) is 2. The molecule has 0 N–H and O–H groups in total. The number of rotatable bonds is 3. The van der Waals surface area contributed by atoms with Crippen molar-refractivity contribution < 1.29 is 9.32 Å². The van der Waals surface area contributed by atoms with Crippen LogP contribution in [0.4, 0.5) is 0 Å². The summed E-state index contributed by atoms with van der Waals surface area (Å²) in [5, 5.41) is 3.83. The van der Waals surface area contributed by atoms with Gasteiger partial charge >= 0.3 is 0 Å². The van der Waals surface area contributed by atoms with E-state index in [4.69, 9.17) is 4.52 Å². The summed E-state index contributed by atoms with van der Waals surface area (Å²) in [6.45, 7) is 8.37. The van der Waals surface area contributed by atoms with Crippen LogP contribution in [0.25, 0.3) is 0 Å². The van der Waals surface area contributed by atoms with E-state index < -0.39 is 0 Å². The fourth-order valence-corrected chi connectivity index (χ4v) is 3.33. The molecule has 0 aromatic carbocycles. The molecular weight excluding hydrogens is 242 g/mol. The second kappa shape index (κ2) is 4.81. The van der Waals surface area contributed by atoms with Crippen molar-refractivity contribution in [2.75, 3.05) is 19.6 Å². The monoisotopic (exact) mass is 261 g/mol. The molecule has 2 fully saturated rings. The maximum atomic E-state index is 12.4. The third-order valence-corrected chi connectivity index (χ3v) is 4.16. The van der Waals surface area contributed by atoms with Gasteiger partial charge in [0.1, 0.15) is 5.76 Å². The van der Waals surface area contributed by atoms with Crippen LogP contribution in [0.5, 0.6) is 0 Å². The molecule has 2 aliphatic heterocycles. The molecule has 0 aliphatic carbocycles. The van der Waals surface area contributed by atoms with Crippen molar-refractivity contribution in [3.8, 4) is 0 Å². The van der Waals surface area contributed by atoms with E-state index >= 15 is 0 Å². The van der Waals surface area contributed by atoms with Gasteiger partial charge in [-0.3, -0.25) is 9.69 Å². The number of amides is 1. The van der Waals surface area contributed by atoms with Crippen LogP contribution in [0.3, 0.4) is 0 Å². The third kappa shape index (κ3) is 2.08. The molecule has 1 aromatic heterocycles. The minimum atomic E-state index is 0.00445. The minimum Gasteiger partial charge on any atom is -0.361 e. The molecule has 0 saturated carbocycles. The number of carbonyl (C=O) groups is 1. The van der Waals surface area contributed by atoms with Crippen molar-refractivity contribution in [2.24, 2.45) is 0 Å². The van der Waals surface area contributed by atoms with Crippen molar-refractivity contribution in [3.63, 3.8) is 0 Å². The standard InChI is InChI=1S/C14H19N3O2/c1-3-6-16-7-4-13-12(16)5-8-17(13)14(18)11-9-10(2)19-15-11/h3,9,12-13H,1,4-8H2,2H3/t12-,13+/m1/s1. The first-order valence-electron chi connectivity index (χ1n) is 6.80. The molecule has 3 heterocycles. The molecule has 2 aliphatic rings. The zero-order valence-corrected chi connectivity index (χ0v) is 11.2. The highest BCUT2D eigenvalue weighted by Gasteiger charge is 2.44. The molecule has 1 amide bonds. The van der Waals surface area contributed by atoms with E-state index in [-0.39, 0.29) is 5.91 Å². The second-order valence-electron chi connectivity index (χ2n) is 5.32. The number of fused-ring (bicyclic) bond motifs is 1. The second-order valence-corrected chi connectivity index (χ2v) is 5.32. The van der Waals surface area contributed by atoms with Crippen molar-refractivity contribution in [1.82, 2.24) is 15.0 Å². The molecule has 0 radical (unpaired) electrons. The SMILES string of the molecule is C=CCN1CC[C@H]2[C@H]1CCN2C(=O)c1cc(C)on1. The zero-order valence-electron chi connectivity index (χ0n) is 11.2. The van der Waals surface area contributed by atoms with Gasteiger partial charge in [-0.05, 0) is 19.8 Å². The number of hydrogen-bond donors (Lipinski definition) is 0. The summed E-state index contributed by atoms with van der Waals surface area (Å²) in [4.78, 5) is 16.8. The van der Waals surface area contributed by atoms with Crippen molar-refractivity contribution in [1.29, 1.82) is 0 Å². The molecular formula is C14H19N3O2. The quantitative estimate of drug-likeness (QED) is 0.773. The molecule has 5 heteroatoms. The molecule has 1 aromatic rings. The summed E-state index contributed by atoms with van der Waals surface area (Å²) in [7, 11) is 0. The summed E-state index contributed by atoms with van der Waals surface area (Å²) in [5.74, 6) is 0.684. The van der Waals surface area contributed by atoms with Crippen LogP contribution >= 0.6 is 0 Å². The summed E-state index contributed by atoms with van der Waals surface area (Å²) in [6.07, 6.45) is 4.02. The van der Waals surface area contributed by atoms with E-state index in [2.05, 4.69) is 16.6 Å². The Bertz CT molecular complexity index is 497. The summed E-state index contributed by atoms with van der Waals surface area (Å²) >= 11 is 0. The Morgan fingerprint density at radius 3 is 3.00 bits per heavy atom. The molecule has 3 rings (SSSR count). The van der Waals surface area contributed by atoms with E-state index in [1.807, 2.05) is 11.0 Å². The summed E-state index contributed by atoms with van der Waals surface area (Å²) in [6, 6.07) is 2.52. The van der Waals surface area contributed by atoms with Gasteiger partial charge in [0.2, 0.25) is 0 Å². The normalized spacial score (nSPS) is 26.7. The molecule has 0 spiro atoms. The molecule has 0 bridgehead atoms. The van der Waals surface area contributed by atoms with E-state index in [1.54, 1.807) is 13.0 Å². The highest BCUT2D eigenvalue weighted by atomic mass is 16.5. The van der Waals surface area contributed by atoms with Crippen LogP contribution in [-0.2, 0) is 0 Å². The molecule has 0 unspecified atom stereocenters. The topological polar surface area (TPSA) is 49.6 Å². The molecule has 2 saturated heterocycles. The van der Waals surface area contributed by atoms with Gasteiger partial charge in [-0.2, -0.15) is 0 Å². The lowest BCUT2D eigenvalue weighted by Gasteiger charge is -2.24. The van der Waals surface area contributed by atoms with Gasteiger partial charge < -0.3 is 9.42 Å². The van der Waals surface area contributed by atoms with Gasteiger partial charge in [0, 0.05) is 37.8 Å². The van der Waals surface area contributed by atoms with E-state index in [9.17, 15) is 4.79 Å². The first kappa shape index (κ1) is 12.4. The first-order chi connectivity index (χ1) is 9.20. The van der Waals surface area contributed by atoms with Gasteiger partial charge in [0.05, 0.1) is 0 Å². The van der Waals surface area contributed by atoms with Gasteiger partial charge in [-0.25, -0.2) is 0 Å². The average Bonchev–Trinajstić information content (AvgIpc) is 3.06. The maximum absolute atomic E-state index is 12.4. The van der Waals surface area contributed by atoms with Crippen molar-refractivity contribution >= 4 is 5.91 Å². The number of hydrogen-bond acceptors (Lipinski definition) is 4. The molecule has 102 valence electrons. The first-order valence-corrected chi connectivity index (χ1v) is 6.80. The van der Waals surface area contributed by atoms with Crippen LogP contribution < -0.4 is 0 Å². The fourth-order valence-electron chi connectivity index (χ4n) is 3.33. The van der Waals surface area contributed by atoms with Crippen LogP contribution in [0.2, 0.25) is 0 Å². The minimum absolute atomic E-state index is 0.00445. The molecule has 5 nitrogen and oxygen atoms in total. The van der Waals surface area contributed by atoms with Crippen LogP contribution in [-0.4, -0.2) is 52.6 Å². The van der Waals surface area contributed by atoms with E-state index in [1.165, 1.54) is 0 Å². The van der Waals surface area contributed by atoms with Crippen molar-refractivity contribution in [2.45, 2.75) is 31.8 Å². The Kier molecular flexibility index (Phi) is 3.14. The number of carbonyl (C=O) groups excluding carboxylic acids is 1. The average molecular weight is 261 g/mol. The van der Waals surface area contributed by atoms with Crippen LogP contribution in [0.1, 0.15) is 29.1 Å². The molecule has 2 atom stereocenters.